The molecule has 4 nitrogen and oxygen atoms in total. The molecule has 1 heterocycles. The van der Waals surface area contributed by atoms with Gasteiger partial charge in [0.1, 0.15) is 11.4 Å². The highest BCUT2D eigenvalue weighted by Crippen LogP contribution is 2.27. The molecular formula is C13H11IN2O2. The number of carbonyl (C=O) groups is 1. The van der Waals surface area contributed by atoms with Gasteiger partial charge < -0.3 is 10.1 Å². The third-order valence-electron chi connectivity index (χ3n) is 2.11. The van der Waals surface area contributed by atoms with Gasteiger partial charge >= 0.3 is 0 Å². The number of anilines is 1. The molecule has 5 heteroatoms. The van der Waals surface area contributed by atoms with Crippen LogP contribution < -0.4 is 10.1 Å². The number of hydrogen-bond donors (Lipinski definition) is 1. The lowest BCUT2D eigenvalue weighted by Gasteiger charge is -2.09. The second-order valence-corrected chi connectivity index (χ2v) is 4.84. The van der Waals surface area contributed by atoms with Crippen LogP contribution in [0.15, 0.2) is 42.6 Å². The molecule has 0 spiro atoms. The average Bonchev–Trinajstić information content (AvgIpc) is 2.34. The van der Waals surface area contributed by atoms with Crippen molar-refractivity contribution in [3.63, 3.8) is 0 Å². The van der Waals surface area contributed by atoms with E-state index in [0.29, 0.717) is 17.3 Å². The SMILES string of the molecule is CC(=O)Nc1cccnc1Oc1ccc(I)cc1. The molecule has 0 saturated carbocycles. The highest BCUT2D eigenvalue weighted by Gasteiger charge is 2.07. The molecule has 0 bridgehead atoms. The van der Waals surface area contributed by atoms with Crippen LogP contribution in [0, 0.1) is 3.57 Å². The van der Waals surface area contributed by atoms with E-state index in [1.54, 1.807) is 18.3 Å². The van der Waals surface area contributed by atoms with Gasteiger partial charge in [-0.05, 0) is 59.0 Å². The smallest absolute Gasteiger partial charge is 0.243 e. The van der Waals surface area contributed by atoms with Gasteiger partial charge in [0.25, 0.3) is 0 Å². The first-order chi connectivity index (χ1) is 8.65. The number of rotatable bonds is 3. The lowest BCUT2D eigenvalue weighted by atomic mass is 10.3. The molecule has 0 unspecified atom stereocenters. The first-order valence-corrected chi connectivity index (χ1v) is 6.39. The second-order valence-electron chi connectivity index (χ2n) is 3.59. The second kappa shape index (κ2) is 5.81. The zero-order valence-electron chi connectivity index (χ0n) is 9.68. The normalized spacial score (nSPS) is 9.89. The summed E-state index contributed by atoms with van der Waals surface area (Å²) in [6, 6.07) is 11.1. The van der Waals surface area contributed by atoms with Gasteiger partial charge in [-0.15, -0.1) is 0 Å². The Morgan fingerprint density at radius 3 is 2.67 bits per heavy atom. The molecule has 2 aromatic rings. The third kappa shape index (κ3) is 3.43. The summed E-state index contributed by atoms with van der Waals surface area (Å²) >= 11 is 2.22. The first kappa shape index (κ1) is 12.8. The summed E-state index contributed by atoms with van der Waals surface area (Å²) in [6.45, 7) is 1.45. The van der Waals surface area contributed by atoms with Crippen molar-refractivity contribution in [2.75, 3.05) is 5.32 Å². The van der Waals surface area contributed by atoms with Crippen molar-refractivity contribution in [1.82, 2.24) is 4.98 Å². The van der Waals surface area contributed by atoms with E-state index in [1.165, 1.54) is 6.92 Å². The molecule has 1 amide bonds. The highest BCUT2D eigenvalue weighted by atomic mass is 127. The Balaban J connectivity index is 2.23. The molecule has 1 aromatic heterocycles. The van der Waals surface area contributed by atoms with Crippen molar-refractivity contribution < 1.29 is 9.53 Å². The largest absolute Gasteiger partial charge is 0.437 e. The molecule has 0 radical (unpaired) electrons. The van der Waals surface area contributed by atoms with Crippen molar-refractivity contribution in [1.29, 1.82) is 0 Å². The highest BCUT2D eigenvalue weighted by molar-refractivity contribution is 14.1. The van der Waals surface area contributed by atoms with Gasteiger partial charge in [-0.25, -0.2) is 4.98 Å². The minimum absolute atomic E-state index is 0.157. The third-order valence-corrected chi connectivity index (χ3v) is 2.83. The molecular weight excluding hydrogens is 343 g/mol. The summed E-state index contributed by atoms with van der Waals surface area (Å²) in [6.07, 6.45) is 1.62. The molecule has 0 aliphatic carbocycles. The van der Waals surface area contributed by atoms with Crippen LogP contribution in [0.2, 0.25) is 0 Å². The number of carbonyl (C=O) groups excluding carboxylic acids is 1. The van der Waals surface area contributed by atoms with Gasteiger partial charge in [-0.1, -0.05) is 0 Å². The predicted octanol–water partition coefficient (Wildman–Crippen LogP) is 3.44. The van der Waals surface area contributed by atoms with Crippen LogP contribution in [-0.4, -0.2) is 10.9 Å². The standard InChI is InChI=1S/C13H11IN2O2/c1-9(17)16-12-3-2-8-15-13(12)18-11-6-4-10(14)5-7-11/h2-8H,1H3,(H,16,17). The van der Waals surface area contributed by atoms with E-state index in [9.17, 15) is 4.79 Å². The number of aromatic nitrogens is 1. The molecule has 92 valence electrons. The number of amides is 1. The van der Waals surface area contributed by atoms with Crippen molar-refractivity contribution >= 4 is 34.2 Å². The number of nitrogens with one attached hydrogen (secondary N) is 1. The van der Waals surface area contributed by atoms with Gasteiger partial charge in [0.2, 0.25) is 11.8 Å². The zero-order chi connectivity index (χ0) is 13.0. The Bertz CT molecular complexity index is 555. The predicted molar refractivity (Wildman–Crippen MR) is 77.8 cm³/mol. The van der Waals surface area contributed by atoms with Crippen LogP contribution in [0.3, 0.4) is 0 Å². The summed E-state index contributed by atoms with van der Waals surface area (Å²) in [7, 11) is 0. The van der Waals surface area contributed by atoms with Gasteiger partial charge in [-0.3, -0.25) is 4.79 Å². The van der Waals surface area contributed by atoms with Gasteiger partial charge in [0.05, 0.1) is 0 Å². The van der Waals surface area contributed by atoms with Crippen LogP contribution in [0.4, 0.5) is 5.69 Å². The fourth-order valence-electron chi connectivity index (χ4n) is 1.37. The Kier molecular flexibility index (Phi) is 4.14. The van der Waals surface area contributed by atoms with Crippen molar-refractivity contribution in [3.05, 3.63) is 46.2 Å². The molecule has 1 aromatic carbocycles. The van der Waals surface area contributed by atoms with Crippen LogP contribution in [0.5, 0.6) is 11.6 Å². The van der Waals surface area contributed by atoms with Gasteiger partial charge in [-0.2, -0.15) is 0 Å². The monoisotopic (exact) mass is 354 g/mol. The topological polar surface area (TPSA) is 51.2 Å². The maximum atomic E-state index is 11.1. The van der Waals surface area contributed by atoms with Crippen molar-refractivity contribution in [2.45, 2.75) is 6.92 Å². The van der Waals surface area contributed by atoms with E-state index in [4.69, 9.17) is 4.74 Å². The minimum atomic E-state index is -0.157. The summed E-state index contributed by atoms with van der Waals surface area (Å²) in [5.74, 6) is 0.907. The number of pyridine rings is 1. The van der Waals surface area contributed by atoms with Crippen LogP contribution >= 0.6 is 22.6 Å². The lowest BCUT2D eigenvalue weighted by molar-refractivity contribution is -0.114. The van der Waals surface area contributed by atoms with E-state index < -0.39 is 0 Å². The molecule has 0 aliphatic heterocycles. The van der Waals surface area contributed by atoms with Gasteiger partial charge in [0, 0.05) is 16.7 Å². The molecule has 0 saturated heterocycles. The van der Waals surface area contributed by atoms with Crippen molar-refractivity contribution in [3.8, 4) is 11.6 Å². The zero-order valence-corrected chi connectivity index (χ0v) is 11.8. The maximum Gasteiger partial charge on any atom is 0.243 e. The number of nitrogens with zero attached hydrogens (tertiary/aromatic N) is 1. The van der Waals surface area contributed by atoms with E-state index in [-0.39, 0.29) is 5.91 Å². The quantitative estimate of drug-likeness (QED) is 0.860. The van der Waals surface area contributed by atoms with E-state index in [2.05, 4.69) is 32.9 Å². The van der Waals surface area contributed by atoms with Crippen LogP contribution in [-0.2, 0) is 4.79 Å². The molecule has 0 atom stereocenters. The number of ether oxygens (including phenoxy) is 1. The first-order valence-electron chi connectivity index (χ1n) is 5.31. The number of halogens is 1. The summed E-state index contributed by atoms with van der Waals surface area (Å²) in [4.78, 5) is 15.2. The lowest BCUT2D eigenvalue weighted by Crippen LogP contribution is -2.07. The Morgan fingerprint density at radius 1 is 1.28 bits per heavy atom. The molecule has 2 rings (SSSR count). The summed E-state index contributed by atoms with van der Waals surface area (Å²) in [5, 5.41) is 2.68. The Morgan fingerprint density at radius 2 is 2.00 bits per heavy atom. The molecule has 1 N–H and O–H groups in total. The Labute approximate surface area is 119 Å². The summed E-state index contributed by atoms with van der Waals surface area (Å²) < 4.78 is 6.76. The van der Waals surface area contributed by atoms with E-state index >= 15 is 0 Å². The molecule has 0 aliphatic rings. The van der Waals surface area contributed by atoms with Crippen LogP contribution in [0.1, 0.15) is 6.92 Å². The number of benzene rings is 1. The van der Waals surface area contributed by atoms with E-state index in [1.807, 2.05) is 24.3 Å². The summed E-state index contributed by atoms with van der Waals surface area (Å²) in [5.41, 5.74) is 0.559. The van der Waals surface area contributed by atoms with Crippen LogP contribution in [0.25, 0.3) is 0 Å². The average molecular weight is 354 g/mol. The number of hydrogen-bond acceptors (Lipinski definition) is 3. The Hall–Kier alpha value is -1.63. The molecule has 18 heavy (non-hydrogen) atoms. The minimum Gasteiger partial charge on any atom is -0.437 e. The fraction of sp³-hybridized carbons (Fsp3) is 0.0769. The molecule has 0 fully saturated rings. The van der Waals surface area contributed by atoms with Crippen molar-refractivity contribution in [2.24, 2.45) is 0 Å². The fourth-order valence-corrected chi connectivity index (χ4v) is 1.73. The van der Waals surface area contributed by atoms with E-state index in [0.717, 1.165) is 3.57 Å². The maximum absolute atomic E-state index is 11.1. The van der Waals surface area contributed by atoms with Gasteiger partial charge in [0.15, 0.2) is 0 Å².